The second-order valence-corrected chi connectivity index (χ2v) is 6.02. The molecule has 0 saturated heterocycles. The molecule has 0 aliphatic carbocycles. The van der Waals surface area contributed by atoms with Crippen molar-refractivity contribution in [2.24, 2.45) is 0 Å². The predicted octanol–water partition coefficient (Wildman–Crippen LogP) is 5.45. The molecule has 1 heterocycles. The Labute approximate surface area is 140 Å². The molecule has 24 heavy (non-hydrogen) atoms. The molecule has 4 rings (SSSR count). The van der Waals surface area contributed by atoms with Crippen LogP contribution >= 0.6 is 0 Å². The summed E-state index contributed by atoms with van der Waals surface area (Å²) in [4.78, 5) is 0. The molecular weight excluding hydrogens is 299 g/mol. The highest BCUT2D eigenvalue weighted by atomic mass is 19.1. The van der Waals surface area contributed by atoms with Crippen molar-refractivity contribution in [3.05, 3.63) is 83.8 Å². The minimum Gasteiger partial charge on any atom is -0.233 e. The van der Waals surface area contributed by atoms with Gasteiger partial charge in [0.05, 0.1) is 17.4 Å². The third kappa shape index (κ3) is 2.29. The van der Waals surface area contributed by atoms with Gasteiger partial charge in [0.2, 0.25) is 0 Å². The summed E-state index contributed by atoms with van der Waals surface area (Å²) < 4.78 is 15.8. The Balaban J connectivity index is 1.82. The average Bonchev–Trinajstić information content (AvgIpc) is 3.04. The third-order valence-corrected chi connectivity index (χ3v) is 4.57. The van der Waals surface area contributed by atoms with Gasteiger partial charge in [-0.3, -0.25) is 0 Å². The summed E-state index contributed by atoms with van der Waals surface area (Å²) >= 11 is 0. The van der Waals surface area contributed by atoms with E-state index in [1.54, 1.807) is 19.2 Å². The zero-order valence-electron chi connectivity index (χ0n) is 13.6. The zero-order chi connectivity index (χ0) is 16.7. The molecule has 0 aliphatic rings. The van der Waals surface area contributed by atoms with Crippen molar-refractivity contribution in [1.29, 1.82) is 0 Å². The number of aryl methyl sites for hydroxylation is 1. The Morgan fingerprint density at radius 1 is 0.833 bits per heavy atom. The van der Waals surface area contributed by atoms with Gasteiger partial charge < -0.3 is 0 Å². The number of aromatic nitrogens is 2. The van der Waals surface area contributed by atoms with Gasteiger partial charge in [-0.2, -0.15) is 5.10 Å². The van der Waals surface area contributed by atoms with Crippen LogP contribution in [0.25, 0.3) is 27.7 Å². The second-order valence-electron chi connectivity index (χ2n) is 6.02. The van der Waals surface area contributed by atoms with Crippen LogP contribution in [0.5, 0.6) is 0 Å². The first-order chi connectivity index (χ1) is 11.6. The van der Waals surface area contributed by atoms with Crippen LogP contribution in [0, 0.1) is 19.7 Å². The zero-order valence-corrected chi connectivity index (χ0v) is 13.6. The van der Waals surface area contributed by atoms with E-state index < -0.39 is 0 Å². The SMILES string of the molecule is Cc1c(F)cc2cnn(-c3ccc(-c4ccccc4)cc3)c2c1C. The van der Waals surface area contributed by atoms with E-state index in [0.717, 1.165) is 27.7 Å². The maximum atomic E-state index is 13.9. The maximum absolute atomic E-state index is 13.9. The Hall–Kier alpha value is -2.94. The van der Waals surface area contributed by atoms with Crippen LogP contribution in [-0.2, 0) is 0 Å². The molecule has 3 aromatic carbocycles. The van der Waals surface area contributed by atoms with Crippen molar-refractivity contribution in [2.45, 2.75) is 13.8 Å². The summed E-state index contributed by atoms with van der Waals surface area (Å²) in [6.07, 6.45) is 1.72. The van der Waals surface area contributed by atoms with Crippen LogP contribution in [0.1, 0.15) is 11.1 Å². The summed E-state index contributed by atoms with van der Waals surface area (Å²) in [6.45, 7) is 3.75. The first kappa shape index (κ1) is 14.6. The van der Waals surface area contributed by atoms with E-state index in [1.807, 2.05) is 41.9 Å². The predicted molar refractivity (Wildman–Crippen MR) is 95.9 cm³/mol. The normalized spacial score (nSPS) is 11.1. The topological polar surface area (TPSA) is 17.8 Å². The van der Waals surface area contributed by atoms with E-state index in [-0.39, 0.29) is 5.82 Å². The molecule has 0 unspecified atom stereocenters. The van der Waals surface area contributed by atoms with Crippen molar-refractivity contribution >= 4 is 10.9 Å². The second kappa shape index (κ2) is 5.60. The van der Waals surface area contributed by atoms with Gasteiger partial charge in [-0.25, -0.2) is 9.07 Å². The molecule has 0 fully saturated rings. The molecule has 0 saturated carbocycles. The molecule has 4 aromatic rings. The third-order valence-electron chi connectivity index (χ3n) is 4.57. The monoisotopic (exact) mass is 316 g/mol. The number of halogens is 1. The van der Waals surface area contributed by atoms with Gasteiger partial charge in [-0.15, -0.1) is 0 Å². The summed E-state index contributed by atoms with van der Waals surface area (Å²) in [7, 11) is 0. The number of hydrogen-bond donors (Lipinski definition) is 0. The van der Waals surface area contributed by atoms with Crippen molar-refractivity contribution in [2.75, 3.05) is 0 Å². The van der Waals surface area contributed by atoms with E-state index in [4.69, 9.17) is 0 Å². The summed E-state index contributed by atoms with van der Waals surface area (Å²) in [5.74, 6) is -0.182. The van der Waals surface area contributed by atoms with Crippen LogP contribution < -0.4 is 0 Å². The largest absolute Gasteiger partial charge is 0.233 e. The van der Waals surface area contributed by atoms with Crippen molar-refractivity contribution in [3.8, 4) is 16.8 Å². The lowest BCUT2D eigenvalue weighted by Gasteiger charge is -2.09. The fraction of sp³-hybridized carbons (Fsp3) is 0.0952. The molecule has 118 valence electrons. The molecule has 2 nitrogen and oxygen atoms in total. The van der Waals surface area contributed by atoms with Gasteiger partial charge >= 0.3 is 0 Å². The quantitative estimate of drug-likeness (QED) is 0.481. The fourth-order valence-corrected chi connectivity index (χ4v) is 3.07. The van der Waals surface area contributed by atoms with Crippen molar-refractivity contribution in [1.82, 2.24) is 9.78 Å². The van der Waals surface area contributed by atoms with Gasteiger partial charge in [0.25, 0.3) is 0 Å². The van der Waals surface area contributed by atoms with E-state index in [1.165, 1.54) is 5.56 Å². The molecule has 0 aliphatic heterocycles. The van der Waals surface area contributed by atoms with Crippen molar-refractivity contribution in [3.63, 3.8) is 0 Å². The Bertz CT molecular complexity index is 1020. The molecule has 0 bridgehead atoms. The van der Waals surface area contributed by atoms with Crippen LogP contribution in [0.2, 0.25) is 0 Å². The van der Waals surface area contributed by atoms with Gasteiger partial charge in [-0.1, -0.05) is 42.5 Å². The number of nitrogens with zero attached hydrogens (tertiary/aromatic N) is 2. The highest BCUT2D eigenvalue weighted by Gasteiger charge is 2.13. The fourth-order valence-electron chi connectivity index (χ4n) is 3.07. The van der Waals surface area contributed by atoms with E-state index in [2.05, 4.69) is 29.4 Å². The standard InChI is InChI=1S/C21H17FN2/c1-14-15(2)21-18(12-20(14)22)13-23-24(21)19-10-8-17(9-11-19)16-6-4-3-5-7-16/h3-13H,1-2H3. The maximum Gasteiger partial charge on any atom is 0.127 e. The molecule has 0 spiro atoms. The highest BCUT2D eigenvalue weighted by Crippen LogP contribution is 2.27. The molecule has 1 aromatic heterocycles. The molecule has 3 heteroatoms. The first-order valence-electron chi connectivity index (χ1n) is 7.94. The van der Waals surface area contributed by atoms with Gasteiger partial charge in [0.1, 0.15) is 5.82 Å². The highest BCUT2D eigenvalue weighted by molar-refractivity contribution is 5.84. The lowest BCUT2D eigenvalue weighted by Crippen LogP contribution is -1.99. The van der Waals surface area contributed by atoms with Crippen LogP contribution in [-0.4, -0.2) is 9.78 Å². The minimum atomic E-state index is -0.182. The Kier molecular flexibility index (Phi) is 3.42. The smallest absolute Gasteiger partial charge is 0.127 e. The number of hydrogen-bond acceptors (Lipinski definition) is 1. The van der Waals surface area contributed by atoms with Crippen molar-refractivity contribution < 1.29 is 4.39 Å². The van der Waals surface area contributed by atoms with Crippen LogP contribution in [0.4, 0.5) is 4.39 Å². The lowest BCUT2D eigenvalue weighted by molar-refractivity contribution is 0.619. The van der Waals surface area contributed by atoms with E-state index in [9.17, 15) is 4.39 Å². The summed E-state index contributed by atoms with van der Waals surface area (Å²) in [5.41, 5.74) is 5.87. The summed E-state index contributed by atoms with van der Waals surface area (Å²) in [5, 5.41) is 5.28. The van der Waals surface area contributed by atoms with E-state index >= 15 is 0 Å². The van der Waals surface area contributed by atoms with Crippen LogP contribution in [0.3, 0.4) is 0 Å². The number of benzene rings is 3. The van der Waals surface area contributed by atoms with Gasteiger partial charge in [-0.05, 0) is 54.3 Å². The number of fused-ring (bicyclic) bond motifs is 1. The molecule has 0 N–H and O–H groups in total. The minimum absolute atomic E-state index is 0.182. The van der Waals surface area contributed by atoms with E-state index in [0.29, 0.717) is 5.56 Å². The average molecular weight is 316 g/mol. The Morgan fingerprint density at radius 3 is 2.21 bits per heavy atom. The van der Waals surface area contributed by atoms with Gasteiger partial charge in [0.15, 0.2) is 0 Å². The lowest BCUT2D eigenvalue weighted by atomic mass is 10.0. The molecule has 0 amide bonds. The Morgan fingerprint density at radius 2 is 1.50 bits per heavy atom. The molecule has 0 radical (unpaired) electrons. The van der Waals surface area contributed by atoms with Crippen LogP contribution in [0.15, 0.2) is 66.9 Å². The molecule has 0 atom stereocenters. The number of rotatable bonds is 2. The summed E-state index contributed by atoms with van der Waals surface area (Å²) in [6, 6.07) is 20.1. The van der Waals surface area contributed by atoms with Gasteiger partial charge in [0, 0.05) is 5.39 Å². The first-order valence-corrected chi connectivity index (χ1v) is 7.94. The molecular formula is C21H17FN2.